The van der Waals surface area contributed by atoms with Gasteiger partial charge in [-0.1, -0.05) is 13.0 Å². The van der Waals surface area contributed by atoms with Gasteiger partial charge < -0.3 is 10.1 Å². The lowest BCUT2D eigenvalue weighted by Crippen LogP contribution is -2.18. The first-order chi connectivity index (χ1) is 9.42. The largest absolute Gasteiger partial charge is 0.469 e. The number of hydrogen-bond acceptors (Lipinski definition) is 4. The van der Waals surface area contributed by atoms with Gasteiger partial charge in [-0.15, -0.1) is 11.8 Å². The number of benzene rings is 1. The Morgan fingerprint density at radius 1 is 1.45 bits per heavy atom. The molecule has 0 aliphatic rings. The highest BCUT2D eigenvalue weighted by atomic mass is 32.2. The predicted octanol–water partition coefficient (Wildman–Crippen LogP) is 2.76. The first-order valence-electron chi connectivity index (χ1n) is 6.16. The normalized spacial score (nSPS) is 11.8. The van der Waals surface area contributed by atoms with Crippen molar-refractivity contribution in [1.29, 1.82) is 0 Å². The number of amides is 1. The fourth-order valence-corrected chi connectivity index (χ4v) is 2.27. The SMILES string of the molecule is COC(=O)CC(C)SCC(=O)Nc1cc(F)ccc1C. The maximum absolute atomic E-state index is 13.1. The summed E-state index contributed by atoms with van der Waals surface area (Å²) in [5.74, 6) is -0.710. The molecule has 1 N–H and O–H groups in total. The van der Waals surface area contributed by atoms with E-state index < -0.39 is 5.82 Å². The molecule has 20 heavy (non-hydrogen) atoms. The molecule has 1 amide bonds. The zero-order chi connectivity index (χ0) is 15.1. The molecule has 0 spiro atoms. The van der Waals surface area contributed by atoms with Crippen LogP contribution in [-0.2, 0) is 14.3 Å². The smallest absolute Gasteiger partial charge is 0.306 e. The van der Waals surface area contributed by atoms with Crippen LogP contribution in [0.25, 0.3) is 0 Å². The van der Waals surface area contributed by atoms with E-state index in [2.05, 4.69) is 10.1 Å². The Bertz CT molecular complexity index is 493. The fourth-order valence-electron chi connectivity index (χ4n) is 1.51. The average Bonchev–Trinajstić information content (AvgIpc) is 2.40. The number of nitrogens with one attached hydrogen (secondary N) is 1. The van der Waals surface area contributed by atoms with Crippen molar-refractivity contribution in [2.45, 2.75) is 25.5 Å². The molecule has 0 bridgehead atoms. The van der Waals surface area contributed by atoms with E-state index in [0.717, 1.165) is 5.56 Å². The molecule has 1 aromatic carbocycles. The summed E-state index contributed by atoms with van der Waals surface area (Å²) in [6, 6.07) is 4.24. The van der Waals surface area contributed by atoms with Crippen LogP contribution in [0, 0.1) is 12.7 Å². The van der Waals surface area contributed by atoms with Crippen molar-refractivity contribution in [3.63, 3.8) is 0 Å². The van der Waals surface area contributed by atoms with Crippen molar-refractivity contribution < 1.29 is 18.7 Å². The molecule has 1 rings (SSSR count). The summed E-state index contributed by atoms with van der Waals surface area (Å²) in [4.78, 5) is 22.8. The highest BCUT2D eigenvalue weighted by Crippen LogP contribution is 2.18. The first-order valence-corrected chi connectivity index (χ1v) is 7.21. The number of carbonyl (C=O) groups is 2. The lowest BCUT2D eigenvalue weighted by molar-refractivity contribution is -0.140. The highest BCUT2D eigenvalue weighted by molar-refractivity contribution is 8.00. The summed E-state index contributed by atoms with van der Waals surface area (Å²) >= 11 is 1.35. The van der Waals surface area contributed by atoms with Gasteiger partial charge in [-0.2, -0.15) is 0 Å². The Morgan fingerprint density at radius 3 is 2.80 bits per heavy atom. The molecule has 0 aromatic heterocycles. The lowest BCUT2D eigenvalue weighted by Gasteiger charge is -2.11. The molecule has 0 heterocycles. The van der Waals surface area contributed by atoms with E-state index in [1.807, 2.05) is 6.92 Å². The van der Waals surface area contributed by atoms with Crippen molar-refractivity contribution in [1.82, 2.24) is 0 Å². The minimum atomic E-state index is -0.391. The monoisotopic (exact) mass is 299 g/mol. The molecule has 6 heteroatoms. The summed E-state index contributed by atoms with van der Waals surface area (Å²) in [5, 5.41) is 2.65. The van der Waals surface area contributed by atoms with E-state index in [9.17, 15) is 14.0 Å². The molecule has 4 nitrogen and oxygen atoms in total. The zero-order valence-electron chi connectivity index (χ0n) is 11.7. The van der Waals surface area contributed by atoms with Crippen molar-refractivity contribution in [3.8, 4) is 0 Å². The van der Waals surface area contributed by atoms with Crippen LogP contribution in [0.15, 0.2) is 18.2 Å². The van der Waals surface area contributed by atoms with Gasteiger partial charge in [0.05, 0.1) is 19.3 Å². The third-order valence-electron chi connectivity index (χ3n) is 2.65. The van der Waals surface area contributed by atoms with Crippen LogP contribution in [0.5, 0.6) is 0 Å². The highest BCUT2D eigenvalue weighted by Gasteiger charge is 2.12. The number of carbonyl (C=O) groups excluding carboxylic acids is 2. The van der Waals surface area contributed by atoms with Crippen LogP contribution in [-0.4, -0.2) is 30.0 Å². The van der Waals surface area contributed by atoms with Crippen molar-refractivity contribution in [2.75, 3.05) is 18.2 Å². The molecule has 1 unspecified atom stereocenters. The van der Waals surface area contributed by atoms with Gasteiger partial charge in [0.15, 0.2) is 0 Å². The second-order valence-corrected chi connectivity index (χ2v) is 5.84. The second kappa shape index (κ2) is 7.89. The summed E-state index contributed by atoms with van der Waals surface area (Å²) in [6.07, 6.45) is 0.257. The molecule has 110 valence electrons. The number of rotatable bonds is 6. The molecule has 1 aromatic rings. The van der Waals surface area contributed by atoms with Crippen LogP contribution in [0.2, 0.25) is 0 Å². The van der Waals surface area contributed by atoms with Gasteiger partial charge >= 0.3 is 5.97 Å². The number of ether oxygens (including phenoxy) is 1. The van der Waals surface area contributed by atoms with Gasteiger partial charge in [-0.05, 0) is 24.6 Å². The van der Waals surface area contributed by atoms with Crippen molar-refractivity contribution in [2.24, 2.45) is 0 Å². The van der Waals surface area contributed by atoms with E-state index in [1.165, 1.54) is 31.0 Å². The number of anilines is 1. The van der Waals surface area contributed by atoms with Crippen LogP contribution < -0.4 is 5.32 Å². The number of thioether (sulfide) groups is 1. The van der Waals surface area contributed by atoms with Crippen LogP contribution in [0.4, 0.5) is 10.1 Å². The molecule has 1 atom stereocenters. The molecule has 0 saturated carbocycles. The number of aryl methyl sites for hydroxylation is 1. The predicted molar refractivity (Wildman–Crippen MR) is 78.3 cm³/mol. The fraction of sp³-hybridized carbons (Fsp3) is 0.429. The number of hydrogen-bond donors (Lipinski definition) is 1. The minimum absolute atomic E-state index is 0.0122. The average molecular weight is 299 g/mol. The third-order valence-corrected chi connectivity index (χ3v) is 3.82. The third kappa shape index (κ3) is 5.61. The number of esters is 1. The molecular formula is C14H18FNO3S. The Morgan fingerprint density at radius 2 is 2.15 bits per heavy atom. The van der Waals surface area contributed by atoms with Gasteiger partial charge in [0.25, 0.3) is 0 Å². The van der Waals surface area contributed by atoms with Gasteiger partial charge in [0.2, 0.25) is 5.91 Å². The number of methoxy groups -OCH3 is 1. The topological polar surface area (TPSA) is 55.4 Å². The van der Waals surface area contributed by atoms with Gasteiger partial charge in [-0.25, -0.2) is 4.39 Å². The van der Waals surface area contributed by atoms with E-state index in [4.69, 9.17) is 0 Å². The Hall–Kier alpha value is -1.56. The minimum Gasteiger partial charge on any atom is -0.469 e. The van der Waals surface area contributed by atoms with E-state index in [-0.39, 0.29) is 29.3 Å². The molecule has 0 fully saturated rings. The van der Waals surface area contributed by atoms with Gasteiger partial charge in [0, 0.05) is 10.9 Å². The van der Waals surface area contributed by atoms with Crippen LogP contribution >= 0.6 is 11.8 Å². The summed E-state index contributed by atoms with van der Waals surface area (Å²) in [7, 11) is 1.33. The molecule has 0 aliphatic carbocycles. The molecule has 0 aliphatic heterocycles. The lowest BCUT2D eigenvalue weighted by atomic mass is 10.2. The summed E-state index contributed by atoms with van der Waals surface area (Å²) in [6.45, 7) is 3.64. The Balaban J connectivity index is 2.44. The van der Waals surface area contributed by atoms with Crippen molar-refractivity contribution >= 4 is 29.3 Å². The number of halogens is 1. The van der Waals surface area contributed by atoms with E-state index >= 15 is 0 Å². The van der Waals surface area contributed by atoms with E-state index in [0.29, 0.717) is 5.69 Å². The maximum Gasteiger partial charge on any atom is 0.306 e. The van der Waals surface area contributed by atoms with Crippen LogP contribution in [0.1, 0.15) is 18.9 Å². The first kappa shape index (κ1) is 16.5. The van der Waals surface area contributed by atoms with Gasteiger partial charge in [-0.3, -0.25) is 9.59 Å². The van der Waals surface area contributed by atoms with Crippen LogP contribution in [0.3, 0.4) is 0 Å². The quantitative estimate of drug-likeness (QED) is 0.821. The second-order valence-electron chi connectivity index (χ2n) is 4.41. The molecule has 0 saturated heterocycles. The Labute approximate surface area is 122 Å². The standard InChI is InChI=1S/C14H18FNO3S/c1-9-4-5-11(15)7-12(9)16-13(17)8-20-10(2)6-14(18)19-3/h4-5,7,10H,6,8H2,1-3H3,(H,16,17). The van der Waals surface area contributed by atoms with Gasteiger partial charge in [0.1, 0.15) is 5.82 Å². The van der Waals surface area contributed by atoms with E-state index in [1.54, 1.807) is 13.0 Å². The summed E-state index contributed by atoms with van der Waals surface area (Å²) < 4.78 is 17.6. The Kier molecular flexibility index (Phi) is 6.51. The molecular weight excluding hydrogens is 281 g/mol. The van der Waals surface area contributed by atoms with Crippen molar-refractivity contribution in [3.05, 3.63) is 29.6 Å². The zero-order valence-corrected chi connectivity index (χ0v) is 12.6. The molecule has 0 radical (unpaired) electrons. The summed E-state index contributed by atoms with van der Waals surface area (Å²) in [5.41, 5.74) is 1.27. The maximum atomic E-state index is 13.1.